The second-order valence-corrected chi connectivity index (χ2v) is 5.72. The van der Waals surface area contributed by atoms with E-state index in [9.17, 15) is 13.6 Å². The summed E-state index contributed by atoms with van der Waals surface area (Å²) in [5.74, 6) is -1.36. The van der Waals surface area contributed by atoms with Crippen LogP contribution < -0.4 is 10.5 Å². The van der Waals surface area contributed by atoms with E-state index in [0.29, 0.717) is 25.2 Å². The highest BCUT2D eigenvalue weighted by Gasteiger charge is 2.30. The molecule has 0 spiro atoms. The number of halogens is 3. The highest BCUT2D eigenvalue weighted by molar-refractivity contribution is 6.33. The number of benzene rings is 1. The fourth-order valence-electron chi connectivity index (χ4n) is 2.84. The number of aryl methyl sites for hydroxylation is 1. The van der Waals surface area contributed by atoms with Crippen molar-refractivity contribution in [2.75, 3.05) is 18.0 Å². The summed E-state index contributed by atoms with van der Waals surface area (Å²) < 4.78 is 28.9. The smallest absolute Gasteiger partial charge is 0.287 e. The second-order valence-electron chi connectivity index (χ2n) is 5.34. The molecule has 3 rings (SSSR count). The molecule has 0 radical (unpaired) electrons. The Kier molecular flexibility index (Phi) is 3.87. The molecule has 22 heavy (non-hydrogen) atoms. The summed E-state index contributed by atoms with van der Waals surface area (Å²) in [6.07, 6.45) is 2.09. The van der Waals surface area contributed by atoms with Gasteiger partial charge in [0.05, 0.1) is 11.9 Å². The first-order valence-corrected chi connectivity index (χ1v) is 7.27. The quantitative estimate of drug-likeness (QED) is 0.852. The summed E-state index contributed by atoms with van der Waals surface area (Å²) in [5.41, 5.74) is 0.210. The van der Waals surface area contributed by atoms with E-state index in [1.54, 1.807) is 0 Å². The standard InChI is InChI=1S/C15H14ClF2N3O/c1-20-15(22)14(16)12(7-19-20)21-6-5-9(8-21)13-10(17)3-2-4-11(13)18/h2-4,7,9H,5-6,8H2,1H3. The lowest BCUT2D eigenvalue weighted by atomic mass is 9.97. The van der Waals surface area contributed by atoms with Gasteiger partial charge in [0, 0.05) is 31.6 Å². The average molecular weight is 326 g/mol. The second kappa shape index (κ2) is 5.68. The Morgan fingerprint density at radius 3 is 2.68 bits per heavy atom. The van der Waals surface area contributed by atoms with Crippen LogP contribution in [0.1, 0.15) is 17.9 Å². The van der Waals surface area contributed by atoms with E-state index in [4.69, 9.17) is 11.6 Å². The van der Waals surface area contributed by atoms with Crippen molar-refractivity contribution in [2.24, 2.45) is 7.05 Å². The van der Waals surface area contributed by atoms with Gasteiger partial charge in [0.2, 0.25) is 0 Å². The molecule has 2 heterocycles. The normalized spacial score (nSPS) is 18.0. The van der Waals surface area contributed by atoms with Crippen molar-refractivity contribution in [3.8, 4) is 0 Å². The van der Waals surface area contributed by atoms with Crippen LogP contribution in [0.5, 0.6) is 0 Å². The third kappa shape index (κ3) is 2.47. The molecule has 0 saturated carbocycles. The van der Waals surface area contributed by atoms with Crippen molar-refractivity contribution < 1.29 is 8.78 Å². The molecule has 0 aliphatic carbocycles. The fourth-order valence-corrected chi connectivity index (χ4v) is 3.13. The zero-order chi connectivity index (χ0) is 15.9. The zero-order valence-corrected chi connectivity index (χ0v) is 12.6. The van der Waals surface area contributed by atoms with Crippen molar-refractivity contribution in [3.05, 3.63) is 57.0 Å². The molecule has 7 heteroatoms. The minimum atomic E-state index is -0.542. The van der Waals surface area contributed by atoms with E-state index < -0.39 is 11.6 Å². The van der Waals surface area contributed by atoms with Crippen molar-refractivity contribution in [1.82, 2.24) is 9.78 Å². The maximum absolute atomic E-state index is 13.9. The van der Waals surface area contributed by atoms with E-state index in [1.807, 2.05) is 4.90 Å². The number of aromatic nitrogens is 2. The van der Waals surface area contributed by atoms with Crippen LogP contribution in [-0.2, 0) is 7.05 Å². The van der Waals surface area contributed by atoms with E-state index in [0.717, 1.165) is 4.68 Å². The summed E-state index contributed by atoms with van der Waals surface area (Å²) in [4.78, 5) is 13.7. The summed E-state index contributed by atoms with van der Waals surface area (Å²) in [5, 5.41) is 4.02. The molecule has 4 nitrogen and oxygen atoms in total. The topological polar surface area (TPSA) is 38.1 Å². The molecule has 2 aromatic rings. The Labute approximate surface area is 130 Å². The lowest BCUT2D eigenvalue weighted by Gasteiger charge is -2.20. The van der Waals surface area contributed by atoms with Crippen LogP contribution >= 0.6 is 11.6 Å². The van der Waals surface area contributed by atoms with Crippen LogP contribution in [0.4, 0.5) is 14.5 Å². The zero-order valence-electron chi connectivity index (χ0n) is 11.9. The Balaban J connectivity index is 1.90. The highest BCUT2D eigenvalue weighted by Crippen LogP contribution is 2.34. The third-order valence-electron chi connectivity index (χ3n) is 4.00. The monoisotopic (exact) mass is 325 g/mol. The van der Waals surface area contributed by atoms with Gasteiger partial charge in [-0.2, -0.15) is 5.10 Å². The summed E-state index contributed by atoms with van der Waals surface area (Å²) in [6, 6.07) is 3.87. The lowest BCUT2D eigenvalue weighted by molar-refractivity contribution is 0.533. The minimum Gasteiger partial charge on any atom is -0.368 e. The van der Waals surface area contributed by atoms with E-state index >= 15 is 0 Å². The summed E-state index contributed by atoms with van der Waals surface area (Å²) in [6.45, 7) is 0.958. The van der Waals surface area contributed by atoms with E-state index in [2.05, 4.69) is 5.10 Å². The molecule has 116 valence electrons. The van der Waals surface area contributed by atoms with Crippen LogP contribution in [0, 0.1) is 11.6 Å². The van der Waals surface area contributed by atoms with Gasteiger partial charge in [-0.25, -0.2) is 13.5 Å². The van der Waals surface area contributed by atoms with Crippen LogP contribution in [0.3, 0.4) is 0 Å². The van der Waals surface area contributed by atoms with Gasteiger partial charge in [0.1, 0.15) is 16.7 Å². The molecule has 1 aliphatic rings. The molecule has 1 aliphatic heterocycles. The first-order valence-electron chi connectivity index (χ1n) is 6.89. The third-order valence-corrected chi connectivity index (χ3v) is 4.35. The molecular formula is C15H14ClF2N3O. The van der Waals surface area contributed by atoms with Gasteiger partial charge in [-0.15, -0.1) is 0 Å². The number of hydrogen-bond acceptors (Lipinski definition) is 3. The molecule has 0 bridgehead atoms. The predicted molar refractivity (Wildman–Crippen MR) is 80.4 cm³/mol. The lowest BCUT2D eigenvalue weighted by Crippen LogP contribution is -2.26. The number of anilines is 1. The largest absolute Gasteiger partial charge is 0.368 e. The van der Waals surface area contributed by atoms with Crippen molar-refractivity contribution in [3.63, 3.8) is 0 Å². The number of hydrogen-bond donors (Lipinski definition) is 0. The molecule has 1 saturated heterocycles. The maximum atomic E-state index is 13.9. The van der Waals surface area contributed by atoms with Crippen LogP contribution in [0.2, 0.25) is 5.02 Å². The fraction of sp³-hybridized carbons (Fsp3) is 0.333. The van der Waals surface area contributed by atoms with Crippen LogP contribution in [0.25, 0.3) is 0 Å². The molecule has 1 aromatic carbocycles. The minimum absolute atomic E-state index is 0.0761. The number of nitrogens with zero attached hydrogens (tertiary/aromatic N) is 3. The first-order chi connectivity index (χ1) is 10.5. The van der Waals surface area contributed by atoms with Gasteiger partial charge in [-0.3, -0.25) is 4.79 Å². The van der Waals surface area contributed by atoms with E-state index in [1.165, 1.54) is 31.4 Å². The maximum Gasteiger partial charge on any atom is 0.287 e. The van der Waals surface area contributed by atoms with Crippen molar-refractivity contribution in [2.45, 2.75) is 12.3 Å². The van der Waals surface area contributed by atoms with Gasteiger partial charge in [-0.05, 0) is 18.6 Å². The van der Waals surface area contributed by atoms with Gasteiger partial charge in [-0.1, -0.05) is 17.7 Å². The molecular weight excluding hydrogens is 312 g/mol. The highest BCUT2D eigenvalue weighted by atomic mass is 35.5. The molecule has 1 atom stereocenters. The summed E-state index contributed by atoms with van der Waals surface area (Å²) in [7, 11) is 1.51. The van der Waals surface area contributed by atoms with Crippen molar-refractivity contribution >= 4 is 17.3 Å². The molecule has 1 unspecified atom stereocenters. The Hall–Kier alpha value is -1.95. The van der Waals surface area contributed by atoms with Gasteiger partial charge in [0.15, 0.2) is 0 Å². The van der Waals surface area contributed by atoms with Gasteiger partial charge < -0.3 is 4.90 Å². The van der Waals surface area contributed by atoms with Crippen molar-refractivity contribution in [1.29, 1.82) is 0 Å². The van der Waals surface area contributed by atoms with E-state index in [-0.39, 0.29) is 22.1 Å². The molecule has 1 fully saturated rings. The van der Waals surface area contributed by atoms with Crippen LogP contribution in [0.15, 0.2) is 29.2 Å². The molecule has 1 aromatic heterocycles. The summed E-state index contributed by atoms with van der Waals surface area (Å²) >= 11 is 6.07. The number of rotatable bonds is 2. The average Bonchev–Trinajstić information content (AvgIpc) is 2.94. The first kappa shape index (κ1) is 15.0. The molecule has 0 amide bonds. The molecule has 0 N–H and O–H groups in total. The Morgan fingerprint density at radius 2 is 2.00 bits per heavy atom. The van der Waals surface area contributed by atoms with Crippen LogP contribution in [-0.4, -0.2) is 22.9 Å². The van der Waals surface area contributed by atoms with Gasteiger partial charge in [0.25, 0.3) is 5.56 Å². The van der Waals surface area contributed by atoms with Gasteiger partial charge >= 0.3 is 0 Å². The Morgan fingerprint density at radius 1 is 1.32 bits per heavy atom. The Bertz CT molecular complexity index is 758. The SMILES string of the molecule is Cn1ncc(N2CCC(c3c(F)cccc3F)C2)c(Cl)c1=O. The predicted octanol–water partition coefficient (Wildman–Crippen LogP) is 2.71.